The fourth-order valence-corrected chi connectivity index (χ4v) is 5.51. The molecule has 0 saturated carbocycles. The predicted molar refractivity (Wildman–Crippen MR) is 202 cm³/mol. The predicted octanol–water partition coefficient (Wildman–Crippen LogP) is 10.2. The Morgan fingerprint density at radius 2 is 1.10 bits per heavy atom. The number of rotatable bonds is 32. The molecule has 9 nitrogen and oxygen atoms in total. The van der Waals surface area contributed by atoms with Gasteiger partial charge in [-0.1, -0.05) is 100 Å². The van der Waals surface area contributed by atoms with Gasteiger partial charge < -0.3 is 43.4 Å². The van der Waals surface area contributed by atoms with Gasteiger partial charge in [-0.2, -0.15) is 0 Å². The van der Waals surface area contributed by atoms with Crippen LogP contribution in [0, 0.1) is 5.92 Å². The van der Waals surface area contributed by atoms with Gasteiger partial charge in [-0.3, -0.25) is 0 Å². The average Bonchev–Trinajstić information content (AvgIpc) is 3.01. The second-order valence-corrected chi connectivity index (χ2v) is 15.1. The molecule has 5 atom stereocenters. The fraction of sp³-hybridized carbons (Fsp3) is 1.00. The second-order valence-electron chi connectivity index (χ2n) is 15.1. The zero-order valence-electron chi connectivity index (χ0n) is 34.8. The van der Waals surface area contributed by atoms with E-state index in [1.807, 2.05) is 34.6 Å². The first-order valence-electron chi connectivity index (χ1n) is 19.9. The maximum Gasteiger partial charge on any atom is 0.347 e. The SMILES string of the molecule is CCCCCCOC(OCCCCC)(OC(C)(C)C)C(OCC(C)C)(OC(C)CC)C(OCCCC)(OC(C)C)C(CCC)OCCC.O. The molecule has 0 aromatic rings. The van der Waals surface area contributed by atoms with E-state index in [2.05, 4.69) is 62.3 Å². The summed E-state index contributed by atoms with van der Waals surface area (Å²) in [5.41, 5.74) is -0.725. The first kappa shape index (κ1) is 50.7. The maximum absolute atomic E-state index is 7.36. The number of unbranched alkanes of at least 4 members (excludes halogenated alkanes) is 6. The van der Waals surface area contributed by atoms with Crippen LogP contribution in [0.15, 0.2) is 0 Å². The number of hydrogen-bond acceptors (Lipinski definition) is 8. The third-order valence-electron chi connectivity index (χ3n) is 7.92. The van der Waals surface area contributed by atoms with E-state index in [0.29, 0.717) is 45.9 Å². The van der Waals surface area contributed by atoms with Crippen molar-refractivity contribution in [2.75, 3.05) is 33.0 Å². The van der Waals surface area contributed by atoms with Gasteiger partial charge in [-0.15, -0.1) is 0 Å². The lowest BCUT2D eigenvalue weighted by molar-refractivity contribution is -0.576. The van der Waals surface area contributed by atoms with E-state index in [1.54, 1.807) is 0 Å². The van der Waals surface area contributed by atoms with E-state index < -0.39 is 29.3 Å². The minimum Gasteiger partial charge on any atom is -0.412 e. The summed E-state index contributed by atoms with van der Waals surface area (Å²) >= 11 is 0. The van der Waals surface area contributed by atoms with Crippen LogP contribution in [-0.2, 0) is 37.9 Å². The molecule has 0 saturated heterocycles. The average molecular weight is 709 g/mol. The van der Waals surface area contributed by atoms with E-state index in [9.17, 15) is 0 Å². The van der Waals surface area contributed by atoms with Crippen molar-refractivity contribution in [3.8, 4) is 0 Å². The van der Waals surface area contributed by atoms with Gasteiger partial charge in [-0.05, 0) is 86.0 Å². The van der Waals surface area contributed by atoms with E-state index >= 15 is 0 Å². The molecule has 0 aliphatic rings. The molecular formula is C40H84O9. The van der Waals surface area contributed by atoms with Crippen LogP contribution >= 0.6 is 0 Å². The molecule has 0 heterocycles. The lowest BCUT2D eigenvalue weighted by Gasteiger charge is -2.59. The minimum absolute atomic E-state index is 0. The van der Waals surface area contributed by atoms with Crippen molar-refractivity contribution in [2.45, 2.75) is 222 Å². The molecule has 298 valence electrons. The summed E-state index contributed by atoms with van der Waals surface area (Å²) in [5, 5.41) is 0. The van der Waals surface area contributed by atoms with Gasteiger partial charge in [0, 0.05) is 6.61 Å². The lowest BCUT2D eigenvalue weighted by atomic mass is 9.90. The van der Waals surface area contributed by atoms with Gasteiger partial charge in [-0.25, -0.2) is 0 Å². The molecule has 0 aliphatic heterocycles. The first-order chi connectivity index (χ1) is 22.7. The van der Waals surface area contributed by atoms with Crippen LogP contribution in [-0.4, -0.2) is 80.0 Å². The quantitative estimate of drug-likeness (QED) is 0.0502. The molecule has 9 heteroatoms. The van der Waals surface area contributed by atoms with Gasteiger partial charge in [0.1, 0.15) is 6.10 Å². The molecule has 0 rings (SSSR count). The molecular weight excluding hydrogens is 624 g/mol. The van der Waals surface area contributed by atoms with Crippen LogP contribution in [0.25, 0.3) is 0 Å². The summed E-state index contributed by atoms with van der Waals surface area (Å²) in [6, 6.07) is 0. The Bertz CT molecular complexity index is 759. The molecule has 0 bridgehead atoms. The summed E-state index contributed by atoms with van der Waals surface area (Å²) in [6.45, 7) is 31.4. The summed E-state index contributed by atoms with van der Waals surface area (Å²) in [4.78, 5) is 0. The van der Waals surface area contributed by atoms with Crippen molar-refractivity contribution < 1.29 is 43.4 Å². The molecule has 0 radical (unpaired) electrons. The molecule has 0 spiro atoms. The van der Waals surface area contributed by atoms with E-state index in [-0.39, 0.29) is 23.6 Å². The third kappa shape index (κ3) is 17.3. The van der Waals surface area contributed by atoms with E-state index in [1.165, 1.54) is 0 Å². The first-order valence-corrected chi connectivity index (χ1v) is 19.9. The van der Waals surface area contributed by atoms with Crippen molar-refractivity contribution in [3.63, 3.8) is 0 Å². The molecule has 2 N–H and O–H groups in total. The fourth-order valence-electron chi connectivity index (χ4n) is 5.51. The molecule has 0 aliphatic carbocycles. The van der Waals surface area contributed by atoms with Crippen LogP contribution < -0.4 is 0 Å². The topological polar surface area (TPSA) is 105 Å². The highest BCUT2D eigenvalue weighted by molar-refractivity contribution is 5.04. The minimum atomic E-state index is -1.87. The summed E-state index contributed by atoms with van der Waals surface area (Å²) in [6.07, 6.45) is 10.6. The van der Waals surface area contributed by atoms with Gasteiger partial charge in [0.05, 0.1) is 44.2 Å². The lowest BCUT2D eigenvalue weighted by Crippen LogP contribution is -2.80. The largest absolute Gasteiger partial charge is 0.412 e. The molecule has 5 unspecified atom stereocenters. The van der Waals surface area contributed by atoms with Crippen LogP contribution in [0.5, 0.6) is 0 Å². The monoisotopic (exact) mass is 709 g/mol. The third-order valence-corrected chi connectivity index (χ3v) is 7.92. The second kappa shape index (κ2) is 27.3. The zero-order chi connectivity index (χ0) is 36.7. The van der Waals surface area contributed by atoms with Crippen LogP contribution in [0.4, 0.5) is 0 Å². The Labute approximate surface area is 303 Å². The van der Waals surface area contributed by atoms with Crippen molar-refractivity contribution in [1.82, 2.24) is 0 Å². The van der Waals surface area contributed by atoms with Gasteiger partial charge in [0.15, 0.2) is 0 Å². The highest BCUT2D eigenvalue weighted by Crippen LogP contribution is 2.51. The highest BCUT2D eigenvalue weighted by atomic mass is 16.9. The van der Waals surface area contributed by atoms with Crippen molar-refractivity contribution in [1.29, 1.82) is 0 Å². The van der Waals surface area contributed by atoms with Gasteiger partial charge in [0.2, 0.25) is 0 Å². The number of ether oxygens (including phenoxy) is 8. The van der Waals surface area contributed by atoms with E-state index in [4.69, 9.17) is 37.9 Å². The summed E-state index contributed by atoms with van der Waals surface area (Å²) in [5.74, 6) is -5.20. The van der Waals surface area contributed by atoms with E-state index in [0.717, 1.165) is 70.6 Å². The normalized spacial score (nSPS) is 17.4. The standard InChI is InChI=1S/C40H82O8.H2O/c1-15-21-24-26-31-44-40(48-37(12,13)14,43-30-25-22-16-2)39(45-32-33(7)8,47-35(11)20-6)38(46-34(9)10,42-29-23-17-3)36(27-18-4)41-28-19-5;/h33-36H,15-32H2,1-14H3;1H2. The zero-order valence-corrected chi connectivity index (χ0v) is 34.8. The Morgan fingerprint density at radius 3 is 1.57 bits per heavy atom. The van der Waals surface area contributed by atoms with Crippen LogP contribution in [0.1, 0.15) is 180 Å². The Kier molecular flexibility index (Phi) is 28.2. The smallest absolute Gasteiger partial charge is 0.347 e. The van der Waals surface area contributed by atoms with Crippen LogP contribution in [0.3, 0.4) is 0 Å². The Hall–Kier alpha value is -0.360. The molecule has 49 heavy (non-hydrogen) atoms. The van der Waals surface area contributed by atoms with Gasteiger partial charge >= 0.3 is 11.8 Å². The highest BCUT2D eigenvalue weighted by Gasteiger charge is 2.76. The summed E-state index contributed by atoms with van der Waals surface area (Å²) in [7, 11) is 0. The molecule has 0 fully saturated rings. The maximum atomic E-state index is 7.36. The molecule has 0 aromatic carbocycles. The Morgan fingerprint density at radius 1 is 0.551 bits per heavy atom. The molecule has 0 amide bonds. The van der Waals surface area contributed by atoms with Gasteiger partial charge in [0.25, 0.3) is 5.79 Å². The van der Waals surface area contributed by atoms with Crippen molar-refractivity contribution >= 4 is 0 Å². The van der Waals surface area contributed by atoms with Crippen molar-refractivity contribution in [3.05, 3.63) is 0 Å². The van der Waals surface area contributed by atoms with Crippen molar-refractivity contribution in [2.24, 2.45) is 5.92 Å². The van der Waals surface area contributed by atoms with Crippen LogP contribution in [0.2, 0.25) is 0 Å². The Balaban J connectivity index is 0. The summed E-state index contributed by atoms with van der Waals surface area (Å²) < 4.78 is 57.2. The number of hydrogen-bond donors (Lipinski definition) is 0. The molecule has 0 aromatic heterocycles.